The van der Waals surface area contributed by atoms with E-state index in [2.05, 4.69) is 22.4 Å². The Hall–Kier alpha value is -3.32. The lowest BCUT2D eigenvalue weighted by atomic mass is 9.64. The van der Waals surface area contributed by atoms with Crippen molar-refractivity contribution < 1.29 is 9.18 Å². The van der Waals surface area contributed by atoms with Crippen molar-refractivity contribution in [2.75, 3.05) is 6.54 Å². The molecule has 1 fully saturated rings. The van der Waals surface area contributed by atoms with Gasteiger partial charge in [-0.2, -0.15) is 0 Å². The molecule has 1 N–H and O–H groups in total. The molecule has 0 saturated heterocycles. The number of amides is 1. The van der Waals surface area contributed by atoms with Crippen molar-refractivity contribution in [1.29, 1.82) is 0 Å². The van der Waals surface area contributed by atoms with Crippen LogP contribution in [0.1, 0.15) is 24.8 Å². The summed E-state index contributed by atoms with van der Waals surface area (Å²) in [6, 6.07) is 16.3. The van der Waals surface area contributed by atoms with E-state index in [4.69, 9.17) is 0 Å². The van der Waals surface area contributed by atoms with Gasteiger partial charge in [0.2, 0.25) is 5.91 Å². The van der Waals surface area contributed by atoms with Crippen LogP contribution in [0.25, 0.3) is 21.3 Å². The first kappa shape index (κ1) is 20.6. The van der Waals surface area contributed by atoms with Crippen molar-refractivity contribution in [3.05, 3.63) is 88.0 Å². The van der Waals surface area contributed by atoms with Crippen LogP contribution in [0.3, 0.4) is 0 Å². The van der Waals surface area contributed by atoms with Gasteiger partial charge in [-0.15, -0.1) is 11.3 Å². The van der Waals surface area contributed by atoms with Crippen molar-refractivity contribution in [1.82, 2.24) is 14.9 Å². The maximum Gasteiger partial charge on any atom is 0.263 e. The van der Waals surface area contributed by atoms with Gasteiger partial charge in [-0.3, -0.25) is 14.2 Å². The summed E-state index contributed by atoms with van der Waals surface area (Å²) in [7, 11) is 0. The summed E-state index contributed by atoms with van der Waals surface area (Å²) in [5.41, 5.74) is 2.40. The standard InChI is InChI=1S/C25H22FN3O2S/c26-19-9-7-17(8-10-19)20-14-32-23-22(20)24(31)29(16-28-23)13-21(30)27-15-25(11-4-12-25)18-5-2-1-3-6-18/h1-3,5-10,14,16H,4,11-13,15H2,(H,27,30). The Balaban J connectivity index is 1.36. The number of benzene rings is 2. The highest BCUT2D eigenvalue weighted by atomic mass is 32.1. The molecular weight excluding hydrogens is 425 g/mol. The molecule has 1 amide bonds. The Labute approximate surface area is 188 Å². The molecule has 0 unspecified atom stereocenters. The lowest BCUT2D eigenvalue weighted by molar-refractivity contribution is -0.122. The molecule has 0 atom stereocenters. The van der Waals surface area contributed by atoms with Crippen LogP contribution in [0.2, 0.25) is 0 Å². The minimum absolute atomic E-state index is 0.0206. The number of nitrogens with zero attached hydrogens (tertiary/aromatic N) is 2. The molecule has 5 nitrogen and oxygen atoms in total. The van der Waals surface area contributed by atoms with Gasteiger partial charge in [0, 0.05) is 22.9 Å². The molecule has 0 bridgehead atoms. The summed E-state index contributed by atoms with van der Waals surface area (Å²) >= 11 is 1.36. The zero-order chi connectivity index (χ0) is 22.1. The Morgan fingerprint density at radius 3 is 2.56 bits per heavy atom. The quantitative estimate of drug-likeness (QED) is 0.473. The molecule has 2 aromatic heterocycles. The van der Waals surface area contributed by atoms with E-state index in [0.717, 1.165) is 24.8 Å². The third kappa shape index (κ3) is 3.73. The van der Waals surface area contributed by atoms with E-state index < -0.39 is 0 Å². The molecule has 5 rings (SSSR count). The second-order valence-electron chi connectivity index (χ2n) is 8.29. The summed E-state index contributed by atoms with van der Waals surface area (Å²) in [4.78, 5) is 30.8. The lowest BCUT2D eigenvalue weighted by Crippen LogP contribution is -2.46. The van der Waals surface area contributed by atoms with Crippen LogP contribution in [-0.4, -0.2) is 22.0 Å². The van der Waals surface area contributed by atoms with Crippen molar-refractivity contribution in [2.24, 2.45) is 0 Å². The first-order chi connectivity index (χ1) is 15.6. The zero-order valence-corrected chi connectivity index (χ0v) is 18.2. The van der Waals surface area contributed by atoms with E-state index in [1.807, 2.05) is 23.6 Å². The smallest absolute Gasteiger partial charge is 0.263 e. The van der Waals surface area contributed by atoms with E-state index in [1.165, 1.54) is 39.9 Å². The van der Waals surface area contributed by atoms with Crippen molar-refractivity contribution >= 4 is 27.5 Å². The number of carbonyl (C=O) groups excluding carboxylic acids is 1. The largest absolute Gasteiger partial charge is 0.354 e. The maximum absolute atomic E-state index is 13.3. The average Bonchev–Trinajstić information content (AvgIpc) is 3.21. The van der Waals surface area contributed by atoms with E-state index in [9.17, 15) is 14.0 Å². The van der Waals surface area contributed by atoms with Crippen LogP contribution in [-0.2, 0) is 16.8 Å². The number of halogens is 1. The lowest BCUT2D eigenvalue weighted by Gasteiger charge is -2.42. The van der Waals surface area contributed by atoms with Crippen molar-refractivity contribution in [2.45, 2.75) is 31.2 Å². The fraction of sp³-hybridized carbons (Fsp3) is 0.240. The normalized spacial score (nSPS) is 14.8. The van der Waals surface area contributed by atoms with Gasteiger partial charge in [0.05, 0.1) is 11.7 Å². The molecule has 2 heterocycles. The topological polar surface area (TPSA) is 64.0 Å². The van der Waals surface area contributed by atoms with Gasteiger partial charge < -0.3 is 5.32 Å². The third-order valence-corrected chi connectivity index (χ3v) is 7.24. The predicted octanol–water partition coefficient (Wildman–Crippen LogP) is 4.50. The first-order valence-corrected chi connectivity index (χ1v) is 11.5. The van der Waals surface area contributed by atoms with E-state index in [1.54, 1.807) is 12.1 Å². The van der Waals surface area contributed by atoms with Gasteiger partial charge >= 0.3 is 0 Å². The number of thiophene rings is 1. The molecule has 4 aromatic rings. The van der Waals surface area contributed by atoms with Crippen molar-refractivity contribution in [3.63, 3.8) is 0 Å². The molecule has 1 aliphatic carbocycles. The average molecular weight is 448 g/mol. The molecule has 0 aliphatic heterocycles. The van der Waals surface area contributed by atoms with Gasteiger partial charge in [-0.05, 0) is 36.1 Å². The number of nitrogens with one attached hydrogen (secondary N) is 1. The summed E-state index contributed by atoms with van der Waals surface area (Å²) in [6.45, 7) is 0.463. The number of hydrogen-bond acceptors (Lipinski definition) is 4. The minimum Gasteiger partial charge on any atom is -0.354 e. The molecular formula is C25H22FN3O2S. The zero-order valence-electron chi connectivity index (χ0n) is 17.4. The van der Waals surface area contributed by atoms with E-state index in [-0.39, 0.29) is 29.2 Å². The van der Waals surface area contributed by atoms with Gasteiger partial charge in [0.1, 0.15) is 17.2 Å². The van der Waals surface area contributed by atoms with Crippen LogP contribution in [0.5, 0.6) is 0 Å². The molecule has 7 heteroatoms. The highest BCUT2D eigenvalue weighted by molar-refractivity contribution is 7.17. The Morgan fingerprint density at radius 2 is 1.88 bits per heavy atom. The number of aromatic nitrogens is 2. The molecule has 162 valence electrons. The van der Waals surface area contributed by atoms with Crippen molar-refractivity contribution in [3.8, 4) is 11.1 Å². The number of rotatable bonds is 6. The minimum atomic E-state index is -0.333. The predicted molar refractivity (Wildman–Crippen MR) is 124 cm³/mol. The van der Waals surface area contributed by atoms with Crippen LogP contribution in [0, 0.1) is 5.82 Å². The highest BCUT2D eigenvalue weighted by Crippen LogP contribution is 2.43. The molecule has 2 aromatic carbocycles. The monoisotopic (exact) mass is 447 g/mol. The summed E-state index contributed by atoms with van der Waals surface area (Å²) in [5.74, 6) is -0.547. The fourth-order valence-corrected chi connectivity index (χ4v) is 5.27. The van der Waals surface area contributed by atoms with E-state index in [0.29, 0.717) is 22.3 Å². The number of hydrogen-bond donors (Lipinski definition) is 1. The Kier molecular flexibility index (Phi) is 5.35. The molecule has 32 heavy (non-hydrogen) atoms. The Morgan fingerprint density at radius 1 is 1.12 bits per heavy atom. The molecule has 1 aliphatic rings. The number of fused-ring (bicyclic) bond motifs is 1. The van der Waals surface area contributed by atoms with Crippen LogP contribution in [0.15, 0.2) is 71.1 Å². The summed E-state index contributed by atoms with van der Waals surface area (Å²) in [5, 5.41) is 5.33. The highest BCUT2D eigenvalue weighted by Gasteiger charge is 2.38. The van der Waals surface area contributed by atoms with Gasteiger partial charge in [0.25, 0.3) is 5.56 Å². The summed E-state index contributed by atoms with van der Waals surface area (Å²) in [6.07, 6.45) is 4.65. The van der Waals surface area contributed by atoms with E-state index >= 15 is 0 Å². The Bertz CT molecular complexity index is 1330. The van der Waals surface area contributed by atoms with Gasteiger partial charge in [0.15, 0.2) is 0 Å². The first-order valence-electron chi connectivity index (χ1n) is 10.6. The van der Waals surface area contributed by atoms with Crippen LogP contribution in [0.4, 0.5) is 4.39 Å². The third-order valence-electron chi connectivity index (χ3n) is 6.35. The van der Waals surface area contributed by atoms with Crippen LogP contribution >= 0.6 is 11.3 Å². The fourth-order valence-electron chi connectivity index (χ4n) is 4.36. The second-order valence-corrected chi connectivity index (χ2v) is 9.15. The molecule has 0 spiro atoms. The SMILES string of the molecule is O=C(Cn1cnc2scc(-c3ccc(F)cc3)c2c1=O)NCC1(c2ccccc2)CCC1. The summed E-state index contributed by atoms with van der Waals surface area (Å²) < 4.78 is 14.6. The van der Waals surface area contributed by atoms with Crippen LogP contribution < -0.4 is 10.9 Å². The molecule has 1 saturated carbocycles. The number of carbonyl (C=O) groups is 1. The van der Waals surface area contributed by atoms with Gasteiger partial charge in [-0.1, -0.05) is 48.9 Å². The maximum atomic E-state index is 13.3. The second kappa shape index (κ2) is 8.31. The molecule has 0 radical (unpaired) electrons. The van der Waals surface area contributed by atoms with Gasteiger partial charge in [-0.25, -0.2) is 9.37 Å².